The molecule has 3 N–H and O–H groups in total. The van der Waals surface area contributed by atoms with Crippen molar-refractivity contribution < 1.29 is 4.79 Å². The van der Waals surface area contributed by atoms with Crippen LogP contribution in [0.5, 0.6) is 0 Å². The minimum Gasteiger partial charge on any atom is -0.330 e. The Kier molecular flexibility index (Phi) is 4.25. The van der Waals surface area contributed by atoms with Crippen molar-refractivity contribution >= 4 is 11.6 Å². The third kappa shape index (κ3) is 3.17. The summed E-state index contributed by atoms with van der Waals surface area (Å²) in [6, 6.07) is 3.61. The van der Waals surface area contributed by atoms with Crippen molar-refractivity contribution in [2.45, 2.75) is 19.8 Å². The molecule has 0 spiro atoms. The molecule has 0 aromatic carbocycles. The van der Waals surface area contributed by atoms with Crippen molar-refractivity contribution in [2.24, 2.45) is 5.73 Å². The second-order valence-corrected chi connectivity index (χ2v) is 4.16. The molecule has 2 aromatic rings. The topological polar surface area (TPSA) is 85.8 Å². The summed E-state index contributed by atoms with van der Waals surface area (Å²) in [6.07, 6.45) is 6.28. The van der Waals surface area contributed by atoms with E-state index < -0.39 is 0 Å². The van der Waals surface area contributed by atoms with Gasteiger partial charge in [-0.25, -0.2) is 9.97 Å². The Bertz CT molecular complexity index is 564. The number of hydrogen-bond donors (Lipinski definition) is 2. The molecule has 0 fully saturated rings. The van der Waals surface area contributed by atoms with Crippen molar-refractivity contribution in [1.29, 1.82) is 0 Å². The first-order valence-corrected chi connectivity index (χ1v) is 6.17. The predicted octanol–water partition coefficient (Wildman–Crippen LogP) is 1.25. The summed E-state index contributed by atoms with van der Waals surface area (Å²) in [4.78, 5) is 20.2. The minimum absolute atomic E-state index is 0.0579. The number of imidazole rings is 1. The van der Waals surface area contributed by atoms with Gasteiger partial charge in [0.2, 0.25) is 5.91 Å². The average molecular weight is 259 g/mol. The van der Waals surface area contributed by atoms with Crippen molar-refractivity contribution in [1.82, 2.24) is 14.5 Å². The first kappa shape index (κ1) is 13.2. The first-order chi connectivity index (χ1) is 9.22. The molecule has 2 heterocycles. The molecule has 6 heteroatoms. The zero-order valence-electron chi connectivity index (χ0n) is 10.8. The smallest absolute Gasteiger partial charge is 0.224 e. The van der Waals surface area contributed by atoms with Crippen molar-refractivity contribution in [3.05, 3.63) is 36.5 Å². The van der Waals surface area contributed by atoms with Gasteiger partial charge in [0.15, 0.2) is 5.82 Å². The lowest BCUT2D eigenvalue weighted by Crippen LogP contribution is -2.15. The number of pyridine rings is 1. The van der Waals surface area contributed by atoms with Gasteiger partial charge in [0, 0.05) is 25.0 Å². The van der Waals surface area contributed by atoms with Crippen molar-refractivity contribution in [3.8, 4) is 5.82 Å². The molecular weight excluding hydrogens is 242 g/mol. The van der Waals surface area contributed by atoms with E-state index in [-0.39, 0.29) is 5.91 Å². The number of aromatic nitrogens is 3. The van der Waals surface area contributed by atoms with Gasteiger partial charge in [0.1, 0.15) is 5.82 Å². The molecule has 2 aromatic heterocycles. The number of nitrogens with zero attached hydrogens (tertiary/aromatic N) is 3. The molecule has 0 aliphatic heterocycles. The van der Waals surface area contributed by atoms with E-state index in [2.05, 4.69) is 15.3 Å². The average Bonchev–Trinajstić information content (AvgIpc) is 2.83. The van der Waals surface area contributed by atoms with Crippen LogP contribution in [0, 0.1) is 6.92 Å². The van der Waals surface area contributed by atoms with Crippen LogP contribution in [0.25, 0.3) is 5.82 Å². The lowest BCUT2D eigenvalue weighted by atomic mass is 10.3. The number of aryl methyl sites for hydroxylation is 1. The molecule has 19 heavy (non-hydrogen) atoms. The SMILES string of the molecule is Cc1nccn1-c1ncccc1NC(=O)CCCN. The number of hydrogen-bond acceptors (Lipinski definition) is 4. The van der Waals surface area contributed by atoms with Gasteiger partial charge in [-0.1, -0.05) is 0 Å². The fraction of sp³-hybridized carbons (Fsp3) is 0.308. The summed E-state index contributed by atoms with van der Waals surface area (Å²) in [5.41, 5.74) is 6.06. The van der Waals surface area contributed by atoms with Crippen LogP contribution in [-0.2, 0) is 4.79 Å². The molecular formula is C13H17N5O. The lowest BCUT2D eigenvalue weighted by molar-refractivity contribution is -0.116. The van der Waals surface area contributed by atoms with Crippen molar-refractivity contribution in [2.75, 3.05) is 11.9 Å². The largest absolute Gasteiger partial charge is 0.330 e. The fourth-order valence-electron chi connectivity index (χ4n) is 1.76. The Hall–Kier alpha value is -2.21. The zero-order valence-corrected chi connectivity index (χ0v) is 10.8. The number of nitrogens with two attached hydrogens (primary N) is 1. The van der Waals surface area contributed by atoms with Gasteiger partial charge in [-0.3, -0.25) is 9.36 Å². The molecule has 2 rings (SSSR count). The van der Waals surface area contributed by atoms with Crippen LogP contribution in [0.1, 0.15) is 18.7 Å². The van der Waals surface area contributed by atoms with Crippen LogP contribution >= 0.6 is 0 Å². The van der Waals surface area contributed by atoms with Gasteiger partial charge in [-0.15, -0.1) is 0 Å². The number of rotatable bonds is 5. The van der Waals surface area contributed by atoms with Gasteiger partial charge in [0.25, 0.3) is 0 Å². The Balaban J connectivity index is 2.22. The molecule has 0 unspecified atom stereocenters. The highest BCUT2D eigenvalue weighted by Gasteiger charge is 2.10. The third-order valence-corrected chi connectivity index (χ3v) is 2.72. The maximum Gasteiger partial charge on any atom is 0.224 e. The first-order valence-electron chi connectivity index (χ1n) is 6.17. The van der Waals surface area contributed by atoms with Crippen LogP contribution in [0.15, 0.2) is 30.7 Å². The number of carbonyl (C=O) groups excluding carboxylic acids is 1. The van der Waals surface area contributed by atoms with E-state index in [1.165, 1.54) is 0 Å². The highest BCUT2D eigenvalue weighted by atomic mass is 16.1. The molecule has 0 radical (unpaired) electrons. The Morgan fingerprint density at radius 2 is 2.26 bits per heavy atom. The Morgan fingerprint density at radius 3 is 2.95 bits per heavy atom. The minimum atomic E-state index is -0.0579. The molecule has 6 nitrogen and oxygen atoms in total. The molecule has 0 aliphatic carbocycles. The van der Waals surface area contributed by atoms with E-state index in [4.69, 9.17) is 5.73 Å². The molecule has 0 atom stereocenters. The van der Waals surface area contributed by atoms with E-state index >= 15 is 0 Å². The summed E-state index contributed by atoms with van der Waals surface area (Å²) in [6.45, 7) is 2.39. The molecule has 0 bridgehead atoms. The van der Waals surface area contributed by atoms with Crippen LogP contribution in [0.3, 0.4) is 0 Å². The van der Waals surface area contributed by atoms with Gasteiger partial charge in [0.05, 0.1) is 5.69 Å². The second-order valence-electron chi connectivity index (χ2n) is 4.16. The highest BCUT2D eigenvalue weighted by molar-refractivity contribution is 5.92. The molecule has 0 aliphatic rings. The summed E-state index contributed by atoms with van der Waals surface area (Å²) < 4.78 is 1.83. The normalized spacial score (nSPS) is 10.4. The molecule has 100 valence electrons. The maximum atomic E-state index is 11.8. The van der Waals surface area contributed by atoms with Crippen molar-refractivity contribution in [3.63, 3.8) is 0 Å². The predicted molar refractivity (Wildman–Crippen MR) is 73.0 cm³/mol. The van der Waals surface area contributed by atoms with E-state index in [9.17, 15) is 4.79 Å². The maximum absolute atomic E-state index is 11.8. The summed E-state index contributed by atoms with van der Waals surface area (Å²) in [7, 11) is 0. The lowest BCUT2D eigenvalue weighted by Gasteiger charge is -2.11. The zero-order chi connectivity index (χ0) is 13.7. The quantitative estimate of drug-likeness (QED) is 0.846. The Labute approximate surface area is 111 Å². The van der Waals surface area contributed by atoms with Gasteiger partial charge in [-0.05, 0) is 32.0 Å². The van der Waals surface area contributed by atoms with Crippen LogP contribution < -0.4 is 11.1 Å². The Morgan fingerprint density at radius 1 is 1.42 bits per heavy atom. The van der Waals surface area contributed by atoms with Gasteiger partial charge < -0.3 is 11.1 Å². The number of carbonyl (C=O) groups is 1. The standard InChI is InChI=1S/C13H17N5O/c1-10-15-8-9-18(10)13-11(4-3-7-16-13)17-12(19)5-2-6-14/h3-4,7-9H,2,5-6,14H2,1H3,(H,17,19). The van der Waals surface area contributed by atoms with E-state index in [1.807, 2.05) is 23.8 Å². The third-order valence-electron chi connectivity index (χ3n) is 2.72. The second kappa shape index (κ2) is 6.10. The van der Waals surface area contributed by atoms with E-state index in [1.54, 1.807) is 18.5 Å². The van der Waals surface area contributed by atoms with Gasteiger partial charge >= 0.3 is 0 Å². The fourth-order valence-corrected chi connectivity index (χ4v) is 1.76. The van der Waals surface area contributed by atoms with Gasteiger partial charge in [-0.2, -0.15) is 0 Å². The molecule has 0 saturated heterocycles. The monoisotopic (exact) mass is 259 g/mol. The molecule has 1 amide bonds. The van der Waals surface area contributed by atoms with Crippen LogP contribution in [-0.4, -0.2) is 27.0 Å². The summed E-state index contributed by atoms with van der Waals surface area (Å²) in [5, 5.41) is 2.86. The number of amides is 1. The van der Waals surface area contributed by atoms with E-state index in [0.717, 1.165) is 5.82 Å². The number of nitrogens with one attached hydrogen (secondary N) is 1. The summed E-state index contributed by atoms with van der Waals surface area (Å²) >= 11 is 0. The molecule has 0 saturated carbocycles. The van der Waals surface area contributed by atoms with Crippen LogP contribution in [0.4, 0.5) is 5.69 Å². The van der Waals surface area contributed by atoms with E-state index in [0.29, 0.717) is 30.9 Å². The number of anilines is 1. The summed E-state index contributed by atoms with van der Waals surface area (Å²) in [5.74, 6) is 1.42. The van der Waals surface area contributed by atoms with Crippen LogP contribution in [0.2, 0.25) is 0 Å². The highest BCUT2D eigenvalue weighted by Crippen LogP contribution is 2.18.